The molecule has 0 saturated carbocycles. The predicted molar refractivity (Wildman–Crippen MR) is 104 cm³/mol. The molecule has 4 rings (SSSR count). The molecule has 7 heteroatoms. The summed E-state index contributed by atoms with van der Waals surface area (Å²) in [5.74, 6) is 1.27. The summed E-state index contributed by atoms with van der Waals surface area (Å²) >= 11 is 1.54. The van der Waals surface area contributed by atoms with Gasteiger partial charge in [0, 0.05) is 30.6 Å². The summed E-state index contributed by atoms with van der Waals surface area (Å²) in [5.41, 5.74) is 3.71. The van der Waals surface area contributed by atoms with Crippen LogP contribution >= 0.6 is 11.3 Å². The first kappa shape index (κ1) is 18.3. The highest BCUT2D eigenvalue weighted by Crippen LogP contribution is 2.37. The number of carbonyl (C=O) groups excluding carboxylic acids is 1. The fourth-order valence-electron chi connectivity index (χ4n) is 3.97. The van der Waals surface area contributed by atoms with Crippen molar-refractivity contribution < 1.29 is 14.3 Å². The quantitative estimate of drug-likeness (QED) is 0.855. The molecule has 1 amide bonds. The predicted octanol–water partition coefficient (Wildman–Crippen LogP) is 2.95. The van der Waals surface area contributed by atoms with Crippen LogP contribution in [0, 0.1) is 5.41 Å². The lowest BCUT2D eigenvalue weighted by Gasteiger charge is -2.39. The number of ether oxygens (including phenoxy) is 2. The van der Waals surface area contributed by atoms with Crippen LogP contribution in [0.2, 0.25) is 0 Å². The maximum absolute atomic E-state index is 12.9. The molecule has 3 heterocycles. The Kier molecular flexibility index (Phi) is 5.31. The maximum Gasteiger partial charge on any atom is 0.253 e. The fraction of sp³-hybridized carbons (Fsp3) is 0.500. The summed E-state index contributed by atoms with van der Waals surface area (Å²) < 4.78 is 11.3. The van der Waals surface area contributed by atoms with Crippen LogP contribution in [0.5, 0.6) is 11.5 Å². The van der Waals surface area contributed by atoms with Crippen LogP contribution < -0.4 is 14.8 Å². The van der Waals surface area contributed by atoms with Gasteiger partial charge in [0.05, 0.1) is 18.3 Å². The van der Waals surface area contributed by atoms with Crippen molar-refractivity contribution in [3.8, 4) is 11.5 Å². The number of amides is 1. The third-order valence-corrected chi connectivity index (χ3v) is 6.35. The monoisotopic (exact) mass is 387 g/mol. The van der Waals surface area contributed by atoms with E-state index >= 15 is 0 Å². The van der Waals surface area contributed by atoms with Gasteiger partial charge in [0.2, 0.25) is 0 Å². The lowest BCUT2D eigenvalue weighted by atomic mass is 9.78. The Bertz CT molecular complexity index is 778. The topological polar surface area (TPSA) is 63.7 Å². The highest BCUT2D eigenvalue weighted by Gasteiger charge is 2.38. The molecule has 1 spiro atoms. The Hall–Kier alpha value is -2.12. The lowest BCUT2D eigenvalue weighted by Crippen LogP contribution is -2.44. The van der Waals surface area contributed by atoms with Crippen LogP contribution in [0.4, 0.5) is 0 Å². The average Bonchev–Trinajstić information content (AvgIpc) is 3.39. The first-order valence-corrected chi connectivity index (χ1v) is 10.3. The van der Waals surface area contributed by atoms with E-state index in [-0.39, 0.29) is 5.91 Å². The molecule has 2 aromatic rings. The highest BCUT2D eigenvalue weighted by molar-refractivity contribution is 7.07. The molecule has 1 N–H and O–H groups in total. The SMILES string of the molecule is COc1cc(C(=O)N2CCC3(CCNC3)CC2)ccc1OCc1cscn1. The standard InChI is InChI=1S/C20H25N3O3S/c1-25-18-10-15(2-3-17(18)26-11-16-12-27-14-22-16)19(24)23-8-5-20(6-9-23)4-7-21-13-20/h2-3,10,12,14,21H,4-9,11,13H2,1H3. The molecule has 144 valence electrons. The van der Waals surface area contributed by atoms with E-state index in [1.165, 1.54) is 17.8 Å². The largest absolute Gasteiger partial charge is 0.493 e. The molecule has 2 aliphatic heterocycles. The molecule has 0 aliphatic carbocycles. The fourth-order valence-corrected chi connectivity index (χ4v) is 4.51. The summed E-state index contributed by atoms with van der Waals surface area (Å²) in [6.07, 6.45) is 3.39. The summed E-state index contributed by atoms with van der Waals surface area (Å²) in [6.45, 7) is 4.23. The number of hydrogen-bond acceptors (Lipinski definition) is 6. The van der Waals surface area contributed by atoms with Crippen molar-refractivity contribution in [3.05, 3.63) is 40.3 Å². The minimum absolute atomic E-state index is 0.0696. The van der Waals surface area contributed by atoms with Crippen LogP contribution in [0.3, 0.4) is 0 Å². The van der Waals surface area contributed by atoms with Gasteiger partial charge in [-0.25, -0.2) is 4.98 Å². The Morgan fingerprint density at radius 1 is 1.30 bits per heavy atom. The summed E-state index contributed by atoms with van der Waals surface area (Å²) in [6, 6.07) is 5.41. The van der Waals surface area contributed by atoms with Crippen molar-refractivity contribution in [2.75, 3.05) is 33.3 Å². The van der Waals surface area contributed by atoms with Crippen LogP contribution in [0.25, 0.3) is 0 Å². The number of piperidine rings is 1. The van der Waals surface area contributed by atoms with E-state index in [0.29, 0.717) is 29.1 Å². The van der Waals surface area contributed by atoms with E-state index in [2.05, 4.69) is 10.3 Å². The van der Waals surface area contributed by atoms with Crippen LogP contribution in [-0.4, -0.2) is 49.1 Å². The molecule has 0 radical (unpaired) electrons. The third-order valence-electron chi connectivity index (χ3n) is 5.71. The van der Waals surface area contributed by atoms with Gasteiger partial charge in [0.1, 0.15) is 6.61 Å². The van der Waals surface area contributed by atoms with Crippen LogP contribution in [-0.2, 0) is 6.61 Å². The van der Waals surface area contributed by atoms with Gasteiger partial charge in [0.15, 0.2) is 11.5 Å². The van der Waals surface area contributed by atoms with Gasteiger partial charge in [-0.3, -0.25) is 4.79 Å². The zero-order valence-corrected chi connectivity index (χ0v) is 16.4. The zero-order chi connectivity index (χ0) is 18.7. The second kappa shape index (κ2) is 7.86. The van der Waals surface area contributed by atoms with Crippen LogP contribution in [0.1, 0.15) is 35.3 Å². The molecular formula is C20H25N3O3S. The van der Waals surface area contributed by atoms with Gasteiger partial charge in [-0.15, -0.1) is 11.3 Å². The number of methoxy groups -OCH3 is 1. The number of hydrogen-bond donors (Lipinski definition) is 1. The number of likely N-dealkylation sites (tertiary alicyclic amines) is 1. The van der Waals surface area contributed by atoms with Gasteiger partial charge in [0.25, 0.3) is 5.91 Å². The van der Waals surface area contributed by atoms with Crippen molar-refractivity contribution in [3.63, 3.8) is 0 Å². The molecule has 1 aromatic carbocycles. The number of nitrogens with one attached hydrogen (secondary N) is 1. The smallest absolute Gasteiger partial charge is 0.253 e. The molecule has 0 bridgehead atoms. The highest BCUT2D eigenvalue weighted by atomic mass is 32.1. The third kappa shape index (κ3) is 3.94. The second-order valence-corrected chi connectivity index (χ2v) is 8.07. The molecule has 6 nitrogen and oxygen atoms in total. The van der Waals surface area contributed by atoms with Crippen LogP contribution in [0.15, 0.2) is 29.1 Å². The van der Waals surface area contributed by atoms with E-state index in [1.54, 1.807) is 18.7 Å². The number of nitrogens with zero attached hydrogens (tertiary/aromatic N) is 2. The molecule has 2 saturated heterocycles. The Morgan fingerprint density at radius 2 is 2.15 bits per heavy atom. The number of aromatic nitrogens is 1. The Balaban J connectivity index is 1.41. The van der Waals surface area contributed by atoms with Crippen molar-refractivity contribution in [2.45, 2.75) is 25.9 Å². The molecule has 2 fully saturated rings. The number of carbonyl (C=O) groups is 1. The zero-order valence-electron chi connectivity index (χ0n) is 15.6. The number of rotatable bonds is 5. The van der Waals surface area contributed by atoms with E-state index in [1.807, 2.05) is 22.4 Å². The summed E-state index contributed by atoms with van der Waals surface area (Å²) in [7, 11) is 1.59. The molecule has 2 aliphatic rings. The molecular weight excluding hydrogens is 362 g/mol. The van der Waals surface area contributed by atoms with E-state index in [0.717, 1.165) is 44.7 Å². The van der Waals surface area contributed by atoms with Gasteiger partial charge < -0.3 is 19.7 Å². The summed E-state index contributed by atoms with van der Waals surface area (Å²) in [4.78, 5) is 19.1. The van der Waals surface area contributed by atoms with Gasteiger partial charge in [-0.05, 0) is 49.4 Å². The van der Waals surface area contributed by atoms with Gasteiger partial charge in [-0.2, -0.15) is 0 Å². The molecule has 27 heavy (non-hydrogen) atoms. The second-order valence-electron chi connectivity index (χ2n) is 7.35. The minimum Gasteiger partial charge on any atom is -0.493 e. The van der Waals surface area contributed by atoms with E-state index in [4.69, 9.17) is 9.47 Å². The van der Waals surface area contributed by atoms with Crippen molar-refractivity contribution in [1.29, 1.82) is 0 Å². The molecule has 1 aromatic heterocycles. The molecule has 0 unspecified atom stereocenters. The minimum atomic E-state index is 0.0696. The van der Waals surface area contributed by atoms with Crippen molar-refractivity contribution in [1.82, 2.24) is 15.2 Å². The Labute approximate surface area is 163 Å². The van der Waals surface area contributed by atoms with E-state index < -0.39 is 0 Å². The lowest BCUT2D eigenvalue weighted by molar-refractivity contribution is 0.0607. The van der Waals surface area contributed by atoms with E-state index in [9.17, 15) is 4.79 Å². The van der Waals surface area contributed by atoms with Gasteiger partial charge in [-0.1, -0.05) is 0 Å². The van der Waals surface area contributed by atoms with Gasteiger partial charge >= 0.3 is 0 Å². The maximum atomic E-state index is 12.9. The first-order chi connectivity index (χ1) is 13.2. The average molecular weight is 388 g/mol. The van der Waals surface area contributed by atoms with Crippen molar-refractivity contribution >= 4 is 17.2 Å². The summed E-state index contributed by atoms with van der Waals surface area (Å²) in [5, 5.41) is 5.42. The number of benzene rings is 1. The molecule has 0 atom stereocenters. The van der Waals surface area contributed by atoms with Crippen molar-refractivity contribution in [2.24, 2.45) is 5.41 Å². The number of thiazole rings is 1. The normalized spacial score (nSPS) is 18.6. The Morgan fingerprint density at radius 3 is 2.81 bits per heavy atom. The first-order valence-electron chi connectivity index (χ1n) is 9.37.